The van der Waals surface area contributed by atoms with Crippen LogP contribution in [0.5, 0.6) is 0 Å². The van der Waals surface area contributed by atoms with E-state index in [2.05, 4.69) is 29.4 Å². The van der Waals surface area contributed by atoms with Crippen molar-refractivity contribution in [3.8, 4) is 0 Å². The normalized spacial score (nSPS) is 11.3. The molecule has 1 N–H and O–H groups in total. The summed E-state index contributed by atoms with van der Waals surface area (Å²) in [5.41, 5.74) is 3.32. The van der Waals surface area contributed by atoms with Crippen molar-refractivity contribution >= 4 is 43.9 Å². The molecule has 1 amide bonds. The second kappa shape index (κ2) is 5.23. The van der Waals surface area contributed by atoms with Gasteiger partial charge in [-0.25, -0.2) is 4.98 Å². The molecular formula is C16H13N3OS2. The van der Waals surface area contributed by atoms with E-state index in [4.69, 9.17) is 0 Å². The molecule has 3 heterocycles. The Labute approximate surface area is 135 Å². The maximum Gasteiger partial charge on any atom is 0.261 e. The fraction of sp³-hybridized carbons (Fsp3) is 0.125. The van der Waals surface area contributed by atoms with Crippen LogP contribution in [0.25, 0.3) is 15.3 Å². The number of nitrogens with zero attached hydrogens (tertiary/aromatic N) is 2. The van der Waals surface area contributed by atoms with Gasteiger partial charge in [0.05, 0.1) is 10.4 Å². The summed E-state index contributed by atoms with van der Waals surface area (Å²) < 4.78 is 2.02. The van der Waals surface area contributed by atoms with E-state index in [0.717, 1.165) is 20.9 Å². The van der Waals surface area contributed by atoms with E-state index in [9.17, 15) is 4.79 Å². The summed E-state index contributed by atoms with van der Waals surface area (Å²) in [4.78, 5) is 19.4. The molecule has 110 valence electrons. The van der Waals surface area contributed by atoms with Crippen molar-refractivity contribution in [2.24, 2.45) is 0 Å². The van der Waals surface area contributed by atoms with Crippen LogP contribution in [0.1, 0.15) is 20.8 Å². The topological polar surface area (TPSA) is 46.4 Å². The lowest BCUT2D eigenvalue weighted by atomic mass is 10.1. The number of rotatable bonds is 3. The average Bonchev–Trinajstić information content (AvgIpc) is 3.17. The van der Waals surface area contributed by atoms with E-state index < -0.39 is 0 Å². The number of benzene rings is 1. The number of aryl methyl sites for hydroxylation is 1. The van der Waals surface area contributed by atoms with Crippen LogP contribution in [0.2, 0.25) is 0 Å². The molecular weight excluding hydrogens is 314 g/mol. The lowest BCUT2D eigenvalue weighted by Gasteiger charge is -2.04. The van der Waals surface area contributed by atoms with Crippen molar-refractivity contribution in [2.75, 3.05) is 0 Å². The van der Waals surface area contributed by atoms with Crippen LogP contribution in [0, 0.1) is 6.92 Å². The largest absolute Gasteiger partial charge is 0.347 e. The third-order valence-corrected chi connectivity index (χ3v) is 5.31. The van der Waals surface area contributed by atoms with Crippen molar-refractivity contribution < 1.29 is 4.79 Å². The monoisotopic (exact) mass is 327 g/mol. The lowest BCUT2D eigenvalue weighted by molar-refractivity contribution is 0.0955. The zero-order valence-corrected chi connectivity index (χ0v) is 13.5. The number of imidazole rings is 1. The van der Waals surface area contributed by atoms with Crippen molar-refractivity contribution in [2.45, 2.75) is 13.5 Å². The minimum absolute atomic E-state index is 0.0486. The fourth-order valence-electron chi connectivity index (χ4n) is 2.33. The Morgan fingerprint density at radius 3 is 2.95 bits per heavy atom. The van der Waals surface area contributed by atoms with Gasteiger partial charge in [0.1, 0.15) is 4.83 Å². The minimum Gasteiger partial charge on any atom is -0.347 e. The predicted molar refractivity (Wildman–Crippen MR) is 90.8 cm³/mol. The number of carbonyl (C=O) groups excluding carboxylic acids is 1. The second-order valence-electron chi connectivity index (χ2n) is 5.14. The van der Waals surface area contributed by atoms with Gasteiger partial charge in [0.25, 0.3) is 5.91 Å². The molecule has 4 rings (SSSR count). The Balaban J connectivity index is 1.54. The number of thiophene rings is 1. The number of aromatic nitrogens is 2. The molecule has 0 aliphatic carbocycles. The zero-order chi connectivity index (χ0) is 15.1. The Morgan fingerprint density at radius 1 is 1.32 bits per heavy atom. The molecule has 0 aliphatic rings. The Bertz CT molecular complexity index is 962. The smallest absolute Gasteiger partial charge is 0.261 e. The first kappa shape index (κ1) is 13.5. The van der Waals surface area contributed by atoms with Crippen molar-refractivity contribution in [3.63, 3.8) is 0 Å². The highest BCUT2D eigenvalue weighted by molar-refractivity contribution is 7.21. The molecule has 4 nitrogen and oxygen atoms in total. The summed E-state index contributed by atoms with van der Waals surface area (Å²) >= 11 is 3.03. The van der Waals surface area contributed by atoms with Gasteiger partial charge in [-0.3, -0.25) is 9.20 Å². The molecule has 0 radical (unpaired) electrons. The van der Waals surface area contributed by atoms with Gasteiger partial charge in [-0.2, -0.15) is 0 Å². The maximum absolute atomic E-state index is 12.3. The highest BCUT2D eigenvalue weighted by atomic mass is 32.1. The molecule has 0 spiro atoms. The number of hydrogen-bond donors (Lipinski definition) is 1. The molecule has 0 atom stereocenters. The molecule has 6 heteroatoms. The summed E-state index contributed by atoms with van der Waals surface area (Å²) in [5, 5.41) is 4.96. The molecule has 3 aromatic heterocycles. The van der Waals surface area contributed by atoms with E-state index in [1.165, 1.54) is 16.9 Å². The highest BCUT2D eigenvalue weighted by Gasteiger charge is 2.14. The first-order chi connectivity index (χ1) is 10.7. The van der Waals surface area contributed by atoms with Crippen LogP contribution in [0.15, 0.2) is 41.9 Å². The number of carbonyl (C=O) groups is 1. The number of fused-ring (bicyclic) bond motifs is 3. The molecule has 1 aromatic carbocycles. The van der Waals surface area contributed by atoms with E-state index >= 15 is 0 Å². The van der Waals surface area contributed by atoms with Crippen LogP contribution in [0.4, 0.5) is 0 Å². The van der Waals surface area contributed by atoms with Crippen LogP contribution in [-0.4, -0.2) is 15.3 Å². The summed E-state index contributed by atoms with van der Waals surface area (Å²) in [6.07, 6.45) is 1.98. The van der Waals surface area contributed by atoms with Gasteiger partial charge >= 0.3 is 0 Å². The molecule has 0 saturated carbocycles. The first-order valence-corrected chi connectivity index (χ1v) is 8.59. The molecule has 0 saturated heterocycles. The lowest BCUT2D eigenvalue weighted by Crippen LogP contribution is -2.21. The molecule has 0 unspecified atom stereocenters. The van der Waals surface area contributed by atoms with Gasteiger partial charge in [0.15, 0.2) is 4.96 Å². The van der Waals surface area contributed by atoms with Gasteiger partial charge in [-0.1, -0.05) is 29.8 Å². The van der Waals surface area contributed by atoms with Gasteiger partial charge in [-0.05, 0) is 18.6 Å². The average molecular weight is 327 g/mol. The molecule has 0 fully saturated rings. The summed E-state index contributed by atoms with van der Waals surface area (Å²) in [6, 6.07) is 10.1. The zero-order valence-electron chi connectivity index (χ0n) is 11.9. The number of nitrogens with one attached hydrogen (secondary N) is 1. The van der Waals surface area contributed by atoms with Crippen molar-refractivity contribution in [3.05, 3.63) is 57.9 Å². The maximum atomic E-state index is 12.3. The highest BCUT2D eigenvalue weighted by Crippen LogP contribution is 2.28. The standard InChI is InChI=1S/C16H13N3OS2/c1-10-2-4-11(5-3-10)9-17-14(20)13-8-12-15(22-13)18-16-19(12)6-7-21-16/h2-8H,9H2,1H3,(H,17,20). The third-order valence-electron chi connectivity index (χ3n) is 3.54. The number of hydrogen-bond acceptors (Lipinski definition) is 4. The molecule has 22 heavy (non-hydrogen) atoms. The summed E-state index contributed by atoms with van der Waals surface area (Å²) in [6.45, 7) is 2.59. The molecule has 0 aliphatic heterocycles. The number of amides is 1. The van der Waals surface area contributed by atoms with E-state index in [1.807, 2.05) is 34.2 Å². The third kappa shape index (κ3) is 2.30. The van der Waals surface area contributed by atoms with Gasteiger partial charge < -0.3 is 5.32 Å². The van der Waals surface area contributed by atoms with Gasteiger partial charge in [-0.15, -0.1) is 22.7 Å². The van der Waals surface area contributed by atoms with Crippen molar-refractivity contribution in [1.29, 1.82) is 0 Å². The van der Waals surface area contributed by atoms with Crippen LogP contribution < -0.4 is 5.32 Å². The van der Waals surface area contributed by atoms with Gasteiger partial charge in [0.2, 0.25) is 0 Å². The Morgan fingerprint density at radius 2 is 2.14 bits per heavy atom. The van der Waals surface area contributed by atoms with Crippen LogP contribution in [0.3, 0.4) is 0 Å². The van der Waals surface area contributed by atoms with Crippen LogP contribution >= 0.6 is 22.7 Å². The summed E-state index contributed by atoms with van der Waals surface area (Å²) in [5.74, 6) is -0.0486. The second-order valence-corrected chi connectivity index (χ2v) is 7.04. The number of thiazole rings is 1. The minimum atomic E-state index is -0.0486. The molecule has 4 aromatic rings. The van der Waals surface area contributed by atoms with Gasteiger partial charge in [0, 0.05) is 18.1 Å². The Kier molecular flexibility index (Phi) is 3.20. The van der Waals surface area contributed by atoms with E-state index in [-0.39, 0.29) is 5.91 Å². The fourth-order valence-corrected chi connectivity index (χ4v) is 4.05. The SMILES string of the molecule is Cc1ccc(CNC(=O)c2cc3c(nc4sccn43)s2)cc1. The Hall–Kier alpha value is -2.18. The molecule has 0 bridgehead atoms. The van der Waals surface area contributed by atoms with E-state index in [1.54, 1.807) is 11.3 Å². The van der Waals surface area contributed by atoms with E-state index in [0.29, 0.717) is 11.4 Å². The van der Waals surface area contributed by atoms with Crippen molar-refractivity contribution in [1.82, 2.24) is 14.7 Å². The predicted octanol–water partition coefficient (Wildman–Crippen LogP) is 3.85. The first-order valence-electron chi connectivity index (χ1n) is 6.89. The van der Waals surface area contributed by atoms with Crippen LogP contribution in [-0.2, 0) is 6.54 Å². The summed E-state index contributed by atoms with van der Waals surface area (Å²) in [7, 11) is 0. The quantitative estimate of drug-likeness (QED) is 0.621.